The van der Waals surface area contributed by atoms with Crippen LogP contribution in [0, 0.1) is 6.92 Å². The van der Waals surface area contributed by atoms with Gasteiger partial charge >= 0.3 is 0 Å². The molecule has 11 heteroatoms. The van der Waals surface area contributed by atoms with Gasteiger partial charge in [-0.05, 0) is 60.4 Å². The van der Waals surface area contributed by atoms with Crippen LogP contribution in [-0.2, 0) is 27.7 Å². The maximum absolute atomic E-state index is 14.3. The molecule has 0 saturated carbocycles. The Morgan fingerprint density at radius 2 is 1.92 bits per heavy atom. The Hall–Kier alpha value is -3.31. The van der Waals surface area contributed by atoms with Crippen LogP contribution in [0.4, 0.5) is 11.4 Å². The zero-order valence-corrected chi connectivity index (χ0v) is 23.5. The number of carbonyl (C=O) groups excluding carboxylic acids is 1. The monoisotopic (exact) mass is 574 g/mol. The number of anilines is 2. The van der Waals surface area contributed by atoms with Crippen molar-refractivity contribution in [3.05, 3.63) is 75.8 Å². The lowest BCUT2D eigenvalue weighted by Gasteiger charge is -2.28. The lowest BCUT2D eigenvalue weighted by Crippen LogP contribution is -2.37. The molecule has 1 atom stereocenters. The van der Waals surface area contributed by atoms with E-state index in [1.165, 1.54) is 19.2 Å². The van der Waals surface area contributed by atoms with Crippen molar-refractivity contribution in [1.29, 1.82) is 0 Å². The van der Waals surface area contributed by atoms with E-state index in [4.69, 9.17) is 21.1 Å². The number of amides is 1. The summed E-state index contributed by atoms with van der Waals surface area (Å²) in [7, 11) is -2.15. The zero-order chi connectivity index (χ0) is 28.3. The van der Waals surface area contributed by atoms with Gasteiger partial charge in [-0.25, -0.2) is 8.42 Å². The van der Waals surface area contributed by atoms with Gasteiger partial charge in [0.15, 0.2) is 9.84 Å². The van der Waals surface area contributed by atoms with Crippen LogP contribution in [0.25, 0.3) is 0 Å². The van der Waals surface area contributed by atoms with Crippen molar-refractivity contribution in [2.45, 2.75) is 30.9 Å². The Balaban J connectivity index is 1.83. The van der Waals surface area contributed by atoms with E-state index in [0.717, 1.165) is 28.6 Å². The number of ether oxygens (including phenoxy) is 2. The van der Waals surface area contributed by atoms with E-state index in [0.29, 0.717) is 40.7 Å². The quantitative estimate of drug-likeness (QED) is 0.335. The molecule has 1 amide bonds. The minimum atomic E-state index is -3.58. The van der Waals surface area contributed by atoms with Crippen LogP contribution in [0.5, 0.6) is 11.5 Å². The molecule has 1 aliphatic rings. The molecule has 0 aromatic heterocycles. The third kappa shape index (κ3) is 6.30. The second-order valence-corrected chi connectivity index (χ2v) is 11.8. The molecule has 3 aromatic rings. The number of fused-ring (bicyclic) bond motifs is 1. The maximum atomic E-state index is 14.3. The van der Waals surface area contributed by atoms with Crippen LogP contribution in [0.1, 0.15) is 28.3 Å². The Morgan fingerprint density at radius 1 is 1.15 bits per heavy atom. The number of rotatable bonds is 10. The topological polar surface area (TPSA) is 125 Å². The fraction of sp³-hybridized carbons (Fsp3) is 0.321. The summed E-state index contributed by atoms with van der Waals surface area (Å²) in [5, 5.41) is 22.6. The van der Waals surface area contributed by atoms with Crippen LogP contribution >= 0.6 is 11.6 Å². The van der Waals surface area contributed by atoms with Gasteiger partial charge in [-0.2, -0.15) is 0 Å². The summed E-state index contributed by atoms with van der Waals surface area (Å²) in [6, 6.07) is 12.1. The van der Waals surface area contributed by atoms with Crippen LogP contribution in [0.2, 0.25) is 5.02 Å². The maximum Gasteiger partial charge on any atom is 0.254 e. The minimum absolute atomic E-state index is 0.0126. The summed E-state index contributed by atoms with van der Waals surface area (Å²) in [6.45, 7) is 1.96. The average molecular weight is 575 g/mol. The first kappa shape index (κ1) is 28.7. The van der Waals surface area contributed by atoms with Crippen molar-refractivity contribution < 1.29 is 32.9 Å². The number of nitrogens with one attached hydrogen (secondary N) is 1. The molecule has 3 N–H and O–H groups in total. The minimum Gasteiger partial charge on any atom is -0.497 e. The summed E-state index contributed by atoms with van der Waals surface area (Å²) in [6.07, 6.45) is 1.71. The second-order valence-electron chi connectivity index (χ2n) is 9.31. The van der Waals surface area contributed by atoms with Crippen molar-refractivity contribution in [3.63, 3.8) is 0 Å². The van der Waals surface area contributed by atoms with Gasteiger partial charge in [0.05, 0.1) is 25.2 Å². The molecule has 9 nitrogen and oxygen atoms in total. The molecule has 4 rings (SSSR count). The molecule has 1 aliphatic heterocycles. The number of hydrogen-bond acceptors (Lipinski definition) is 8. The van der Waals surface area contributed by atoms with Crippen molar-refractivity contribution in [2.24, 2.45) is 0 Å². The van der Waals surface area contributed by atoms with E-state index < -0.39 is 15.9 Å². The van der Waals surface area contributed by atoms with Gasteiger partial charge in [-0.1, -0.05) is 23.7 Å². The molecule has 1 unspecified atom stereocenters. The number of aryl methyl sites for hydroxylation is 1. The first-order valence-electron chi connectivity index (χ1n) is 12.3. The zero-order valence-electron chi connectivity index (χ0n) is 21.9. The van der Waals surface area contributed by atoms with E-state index in [1.54, 1.807) is 29.2 Å². The lowest BCUT2D eigenvalue weighted by molar-refractivity contribution is -0.119. The number of sulfone groups is 1. The third-order valence-electron chi connectivity index (χ3n) is 6.61. The Bertz CT molecular complexity index is 1490. The Morgan fingerprint density at radius 3 is 2.59 bits per heavy atom. The van der Waals surface area contributed by atoms with Crippen molar-refractivity contribution >= 4 is 38.7 Å². The molecule has 0 saturated heterocycles. The van der Waals surface area contributed by atoms with Crippen LogP contribution in [0.3, 0.4) is 0 Å². The van der Waals surface area contributed by atoms with E-state index >= 15 is 0 Å². The van der Waals surface area contributed by atoms with Gasteiger partial charge in [0.25, 0.3) is 5.91 Å². The van der Waals surface area contributed by atoms with Gasteiger partial charge in [0.2, 0.25) is 0 Å². The molecule has 3 aromatic carbocycles. The molecule has 0 radical (unpaired) electrons. The fourth-order valence-corrected chi connectivity index (χ4v) is 5.43. The molecule has 208 valence electrons. The van der Waals surface area contributed by atoms with Gasteiger partial charge < -0.3 is 29.9 Å². The first-order valence-corrected chi connectivity index (χ1v) is 14.6. The van der Waals surface area contributed by atoms with Gasteiger partial charge in [-0.3, -0.25) is 4.79 Å². The number of benzene rings is 3. The van der Waals surface area contributed by atoms with Crippen LogP contribution in [0.15, 0.2) is 53.4 Å². The van der Waals surface area contributed by atoms with E-state index in [1.807, 2.05) is 19.1 Å². The average Bonchev–Trinajstić information content (AvgIpc) is 3.31. The summed E-state index contributed by atoms with van der Waals surface area (Å²) < 4.78 is 35.8. The third-order valence-corrected chi connectivity index (χ3v) is 7.93. The van der Waals surface area contributed by atoms with Crippen LogP contribution < -0.4 is 19.7 Å². The summed E-state index contributed by atoms with van der Waals surface area (Å²) in [5.74, 6) is 0.308. The first-order chi connectivity index (χ1) is 18.5. The van der Waals surface area contributed by atoms with E-state index in [-0.39, 0.29) is 30.6 Å². The molecule has 0 spiro atoms. The van der Waals surface area contributed by atoms with Crippen molar-refractivity contribution in [2.75, 3.05) is 43.3 Å². The second kappa shape index (κ2) is 11.8. The normalized spacial score (nSPS) is 13.6. The predicted molar refractivity (Wildman–Crippen MR) is 150 cm³/mol. The van der Waals surface area contributed by atoms with Crippen molar-refractivity contribution in [1.82, 2.24) is 0 Å². The predicted octanol–water partition coefficient (Wildman–Crippen LogP) is 3.67. The number of methoxy groups -OCH3 is 1. The smallest absolute Gasteiger partial charge is 0.254 e. The number of hydrogen-bond donors (Lipinski definition) is 3. The number of carbonyl (C=O) groups is 1. The molecule has 0 bridgehead atoms. The van der Waals surface area contributed by atoms with Crippen LogP contribution in [-0.4, -0.2) is 57.7 Å². The van der Waals surface area contributed by atoms with Gasteiger partial charge in [0, 0.05) is 40.8 Å². The van der Waals surface area contributed by atoms with Crippen molar-refractivity contribution in [3.8, 4) is 11.5 Å². The highest BCUT2D eigenvalue weighted by Gasteiger charge is 2.34. The highest BCUT2D eigenvalue weighted by atomic mass is 35.5. The molecule has 39 heavy (non-hydrogen) atoms. The van der Waals surface area contributed by atoms with E-state index in [9.17, 15) is 23.4 Å². The number of aliphatic hydroxyl groups is 2. The molecular formula is C28H31ClN2O7S. The number of halogens is 1. The number of nitrogens with zero attached hydrogens (tertiary/aromatic N) is 1. The standard InChI is InChI=1S/C28H31ClN2O7S/c1-17-10-25-18(11-19(17)16-33)6-7-31(25)28(34)27(24-5-4-20(29)12-26(24)38-9-8-32)30-21-13-22(37-2)15-23(14-21)39(3,35)36/h4-5,10-15,27,30,32-33H,6-9,16H2,1-3H3. The lowest BCUT2D eigenvalue weighted by atomic mass is 10.0. The molecule has 0 aliphatic carbocycles. The Kier molecular flexibility index (Phi) is 8.70. The van der Waals surface area contributed by atoms with Gasteiger partial charge in [-0.15, -0.1) is 0 Å². The summed E-state index contributed by atoms with van der Waals surface area (Å²) in [5.41, 5.74) is 4.17. The summed E-state index contributed by atoms with van der Waals surface area (Å²) >= 11 is 6.23. The fourth-order valence-electron chi connectivity index (χ4n) is 4.60. The number of aliphatic hydroxyl groups excluding tert-OH is 2. The molecule has 0 fully saturated rings. The summed E-state index contributed by atoms with van der Waals surface area (Å²) in [4.78, 5) is 16.0. The largest absolute Gasteiger partial charge is 0.497 e. The highest BCUT2D eigenvalue weighted by Crippen LogP contribution is 2.38. The highest BCUT2D eigenvalue weighted by molar-refractivity contribution is 7.90. The molecular weight excluding hydrogens is 544 g/mol. The van der Waals surface area contributed by atoms with Gasteiger partial charge in [0.1, 0.15) is 24.1 Å². The van der Waals surface area contributed by atoms with E-state index in [2.05, 4.69) is 5.32 Å². The Labute approximate surface area is 232 Å². The molecule has 1 heterocycles. The SMILES string of the molecule is COc1cc(NC(C(=O)N2CCc3cc(CO)c(C)cc32)c2ccc(Cl)cc2OCCO)cc(S(C)(=O)=O)c1.